The molecule has 1 aromatic heterocycles. The van der Waals surface area contributed by atoms with Crippen molar-refractivity contribution in [1.29, 1.82) is 5.26 Å². The van der Waals surface area contributed by atoms with Gasteiger partial charge in [0.1, 0.15) is 17.6 Å². The van der Waals surface area contributed by atoms with E-state index in [2.05, 4.69) is 10.3 Å². The number of amides is 1. The molecule has 0 saturated carbocycles. The van der Waals surface area contributed by atoms with Crippen LogP contribution in [-0.2, 0) is 4.79 Å². The minimum Gasteiger partial charge on any atom is -0.325 e. The lowest BCUT2D eigenvalue weighted by molar-refractivity contribution is -0.113. The maximum atomic E-state index is 10.8. The summed E-state index contributed by atoms with van der Waals surface area (Å²) in [5.41, 5.74) is 0.782. The number of nitrogens with zero attached hydrogens (tertiary/aromatic N) is 2. The molecule has 0 unspecified atom stereocenters. The predicted octanol–water partition coefficient (Wildman–Crippen LogP) is 1.13. The van der Waals surface area contributed by atoms with Gasteiger partial charge in [0, 0.05) is 11.9 Å². The van der Waals surface area contributed by atoms with Gasteiger partial charge in [-0.05, 0) is 12.1 Å². The first kappa shape index (κ1) is 9.49. The SMILES string of the molecule is N#Cc1cc(NC(=O)CCl)ccn1. The minimum atomic E-state index is -0.309. The zero-order valence-corrected chi connectivity index (χ0v) is 7.38. The van der Waals surface area contributed by atoms with Gasteiger partial charge in [-0.3, -0.25) is 4.79 Å². The molecule has 4 nitrogen and oxygen atoms in total. The molecule has 1 aromatic rings. The predicted molar refractivity (Wildman–Crippen MR) is 48.3 cm³/mol. The number of nitriles is 1. The summed E-state index contributed by atoms with van der Waals surface area (Å²) in [5, 5.41) is 11.0. The second-order valence-electron chi connectivity index (χ2n) is 2.22. The van der Waals surface area contributed by atoms with Gasteiger partial charge in [0.15, 0.2) is 0 Å². The van der Waals surface area contributed by atoms with Crippen molar-refractivity contribution in [2.24, 2.45) is 0 Å². The van der Waals surface area contributed by atoms with Gasteiger partial charge >= 0.3 is 0 Å². The van der Waals surface area contributed by atoms with Crippen LogP contribution in [0.15, 0.2) is 18.3 Å². The summed E-state index contributed by atoms with van der Waals surface area (Å²) >= 11 is 5.28. The lowest BCUT2D eigenvalue weighted by Gasteiger charge is -2.01. The highest BCUT2D eigenvalue weighted by Crippen LogP contribution is 2.06. The number of hydrogen-bond donors (Lipinski definition) is 1. The highest BCUT2D eigenvalue weighted by atomic mass is 35.5. The summed E-state index contributed by atoms with van der Waals surface area (Å²) in [5.74, 6) is -0.415. The Bertz CT molecular complexity index is 359. The van der Waals surface area contributed by atoms with E-state index < -0.39 is 0 Å². The molecule has 13 heavy (non-hydrogen) atoms. The van der Waals surface area contributed by atoms with Crippen molar-refractivity contribution >= 4 is 23.2 Å². The molecule has 0 aromatic carbocycles. The van der Waals surface area contributed by atoms with Crippen LogP contribution in [0, 0.1) is 11.3 Å². The van der Waals surface area contributed by atoms with Crippen molar-refractivity contribution < 1.29 is 4.79 Å². The number of carbonyl (C=O) groups is 1. The van der Waals surface area contributed by atoms with Crippen molar-refractivity contribution in [1.82, 2.24) is 4.98 Å². The summed E-state index contributed by atoms with van der Waals surface area (Å²) in [7, 11) is 0. The Labute approximate surface area is 80.2 Å². The highest BCUT2D eigenvalue weighted by Gasteiger charge is 2.00. The fourth-order valence-corrected chi connectivity index (χ4v) is 0.831. The standard InChI is InChI=1S/C8H6ClN3O/c9-4-8(13)12-6-1-2-11-7(3-6)5-10/h1-3H,4H2,(H,11,12,13). The number of pyridine rings is 1. The number of hydrogen-bond acceptors (Lipinski definition) is 3. The number of halogens is 1. The maximum Gasteiger partial charge on any atom is 0.239 e. The Balaban J connectivity index is 2.79. The molecular formula is C8H6ClN3O. The normalized spacial score (nSPS) is 8.92. The number of anilines is 1. The van der Waals surface area contributed by atoms with E-state index in [1.54, 1.807) is 6.07 Å². The maximum absolute atomic E-state index is 10.8. The van der Waals surface area contributed by atoms with Gasteiger partial charge in [-0.25, -0.2) is 4.98 Å². The number of alkyl halides is 1. The first-order valence-corrected chi connectivity index (χ1v) is 4.01. The van der Waals surface area contributed by atoms with E-state index in [1.165, 1.54) is 12.3 Å². The van der Waals surface area contributed by atoms with E-state index in [0.29, 0.717) is 5.69 Å². The summed E-state index contributed by atoms with van der Waals surface area (Å²) < 4.78 is 0. The fourth-order valence-electron chi connectivity index (χ4n) is 0.764. The minimum absolute atomic E-state index is 0.107. The van der Waals surface area contributed by atoms with Gasteiger partial charge in [0.25, 0.3) is 0 Å². The number of rotatable bonds is 2. The first-order chi connectivity index (χ1) is 6.26. The molecule has 1 rings (SSSR count). The molecule has 5 heteroatoms. The van der Waals surface area contributed by atoms with Crippen LogP contribution in [0.3, 0.4) is 0 Å². The average molecular weight is 196 g/mol. The van der Waals surface area contributed by atoms with Crippen molar-refractivity contribution in [2.45, 2.75) is 0 Å². The van der Waals surface area contributed by atoms with E-state index in [1.807, 2.05) is 6.07 Å². The Morgan fingerprint density at radius 1 is 1.77 bits per heavy atom. The molecule has 0 radical (unpaired) electrons. The van der Waals surface area contributed by atoms with Gasteiger partial charge in [0.2, 0.25) is 5.91 Å². The molecule has 0 aliphatic rings. The van der Waals surface area contributed by atoms with Crippen LogP contribution in [0.5, 0.6) is 0 Å². The Kier molecular flexibility index (Phi) is 3.23. The van der Waals surface area contributed by atoms with Crippen LogP contribution < -0.4 is 5.32 Å². The molecule has 0 atom stereocenters. The third-order valence-corrected chi connectivity index (χ3v) is 1.52. The number of carbonyl (C=O) groups excluding carboxylic acids is 1. The molecule has 0 bridgehead atoms. The summed E-state index contributed by atoms with van der Waals surface area (Å²) in [6, 6.07) is 4.93. The van der Waals surface area contributed by atoms with E-state index in [4.69, 9.17) is 16.9 Å². The molecule has 66 valence electrons. The third-order valence-electron chi connectivity index (χ3n) is 1.28. The highest BCUT2D eigenvalue weighted by molar-refractivity contribution is 6.29. The topological polar surface area (TPSA) is 65.8 Å². The molecular weight excluding hydrogens is 190 g/mol. The van der Waals surface area contributed by atoms with Crippen molar-refractivity contribution in [3.63, 3.8) is 0 Å². The van der Waals surface area contributed by atoms with E-state index in [0.717, 1.165) is 0 Å². The largest absolute Gasteiger partial charge is 0.325 e. The summed E-state index contributed by atoms with van der Waals surface area (Å²) in [6.45, 7) is 0. The van der Waals surface area contributed by atoms with Crippen molar-refractivity contribution in [3.05, 3.63) is 24.0 Å². The second-order valence-corrected chi connectivity index (χ2v) is 2.49. The van der Waals surface area contributed by atoms with Crippen molar-refractivity contribution in [3.8, 4) is 6.07 Å². The molecule has 0 fully saturated rings. The monoisotopic (exact) mass is 195 g/mol. The van der Waals surface area contributed by atoms with Gasteiger partial charge in [-0.15, -0.1) is 11.6 Å². The Hall–Kier alpha value is -1.60. The van der Waals surface area contributed by atoms with Crippen LogP contribution in [0.25, 0.3) is 0 Å². The van der Waals surface area contributed by atoms with Crippen molar-refractivity contribution in [2.75, 3.05) is 11.2 Å². The lowest BCUT2D eigenvalue weighted by atomic mass is 10.3. The van der Waals surface area contributed by atoms with E-state index in [9.17, 15) is 4.79 Å². The van der Waals surface area contributed by atoms with Crippen LogP contribution >= 0.6 is 11.6 Å². The Morgan fingerprint density at radius 3 is 3.15 bits per heavy atom. The van der Waals surface area contributed by atoms with E-state index in [-0.39, 0.29) is 17.5 Å². The van der Waals surface area contributed by atoms with Gasteiger partial charge in [-0.2, -0.15) is 5.26 Å². The molecule has 1 amide bonds. The van der Waals surface area contributed by atoms with Crippen LogP contribution in [0.1, 0.15) is 5.69 Å². The zero-order chi connectivity index (χ0) is 9.68. The Morgan fingerprint density at radius 2 is 2.54 bits per heavy atom. The molecule has 1 heterocycles. The number of nitrogens with one attached hydrogen (secondary N) is 1. The first-order valence-electron chi connectivity index (χ1n) is 3.48. The second kappa shape index (κ2) is 4.43. The molecule has 0 aliphatic heterocycles. The smallest absolute Gasteiger partial charge is 0.239 e. The summed E-state index contributed by atoms with van der Waals surface area (Å²) in [6.07, 6.45) is 1.45. The molecule has 0 aliphatic carbocycles. The number of aromatic nitrogens is 1. The van der Waals surface area contributed by atoms with Crippen LogP contribution in [0.4, 0.5) is 5.69 Å². The van der Waals surface area contributed by atoms with Crippen LogP contribution in [0.2, 0.25) is 0 Å². The molecule has 1 N–H and O–H groups in total. The zero-order valence-electron chi connectivity index (χ0n) is 6.62. The summed E-state index contributed by atoms with van der Waals surface area (Å²) in [4.78, 5) is 14.6. The van der Waals surface area contributed by atoms with Crippen LogP contribution in [-0.4, -0.2) is 16.8 Å². The van der Waals surface area contributed by atoms with Gasteiger partial charge in [0.05, 0.1) is 0 Å². The average Bonchev–Trinajstić information content (AvgIpc) is 2.18. The molecule has 0 saturated heterocycles. The third kappa shape index (κ3) is 2.73. The quantitative estimate of drug-likeness (QED) is 0.720. The lowest BCUT2D eigenvalue weighted by Crippen LogP contribution is -2.12. The van der Waals surface area contributed by atoms with E-state index >= 15 is 0 Å². The van der Waals surface area contributed by atoms with Gasteiger partial charge in [-0.1, -0.05) is 0 Å². The fraction of sp³-hybridized carbons (Fsp3) is 0.125. The molecule has 0 spiro atoms. The van der Waals surface area contributed by atoms with Gasteiger partial charge < -0.3 is 5.32 Å².